The molecular formula is C19H21BrFN3OS. The van der Waals surface area contributed by atoms with E-state index in [2.05, 4.69) is 26.2 Å². The Morgan fingerprint density at radius 1 is 1.27 bits per heavy atom. The molecule has 2 heterocycles. The van der Waals surface area contributed by atoms with Crippen LogP contribution in [0.25, 0.3) is 0 Å². The van der Waals surface area contributed by atoms with Gasteiger partial charge in [-0.3, -0.25) is 4.79 Å². The fraction of sp³-hybridized carbons (Fsp3) is 0.263. The standard InChI is InChI=1S/C17H15BrFN3OS.C2H6/c1-10-3-4-14(13(19)5-10)21-16(23)15-6-11(2)7-22(15)8-12-9-24-17(18)20-12;1-2/h3-7,9H,8H2,1-2H3,(H,21,23);1-2H3. The number of thiazole rings is 1. The molecule has 1 N–H and O–H groups in total. The van der Waals surface area contributed by atoms with Gasteiger partial charge in [0.25, 0.3) is 5.91 Å². The third-order valence-corrected chi connectivity index (χ3v) is 4.91. The van der Waals surface area contributed by atoms with E-state index < -0.39 is 5.82 Å². The topological polar surface area (TPSA) is 46.9 Å². The maximum Gasteiger partial charge on any atom is 0.272 e. The SMILES string of the molecule is CC.Cc1ccc(NC(=O)c2cc(C)cn2Cc2csc(Br)n2)c(F)c1. The summed E-state index contributed by atoms with van der Waals surface area (Å²) in [4.78, 5) is 16.9. The monoisotopic (exact) mass is 437 g/mol. The van der Waals surface area contributed by atoms with E-state index in [0.29, 0.717) is 12.2 Å². The lowest BCUT2D eigenvalue weighted by Gasteiger charge is -2.10. The van der Waals surface area contributed by atoms with E-state index in [9.17, 15) is 9.18 Å². The Balaban J connectivity index is 0.00000117. The molecule has 4 nitrogen and oxygen atoms in total. The molecule has 0 saturated heterocycles. The van der Waals surface area contributed by atoms with E-state index in [1.54, 1.807) is 25.1 Å². The van der Waals surface area contributed by atoms with Gasteiger partial charge in [0.15, 0.2) is 3.92 Å². The van der Waals surface area contributed by atoms with Gasteiger partial charge in [0.1, 0.15) is 11.5 Å². The van der Waals surface area contributed by atoms with Crippen LogP contribution in [0.1, 0.15) is 41.2 Å². The Morgan fingerprint density at radius 2 is 2.00 bits per heavy atom. The summed E-state index contributed by atoms with van der Waals surface area (Å²) in [6.07, 6.45) is 1.88. The molecule has 0 unspecified atom stereocenters. The summed E-state index contributed by atoms with van der Waals surface area (Å²) in [5, 5.41) is 4.57. The molecule has 3 rings (SSSR count). The first-order chi connectivity index (χ1) is 12.4. The van der Waals surface area contributed by atoms with Crippen molar-refractivity contribution >= 4 is 38.9 Å². The molecule has 0 bridgehead atoms. The van der Waals surface area contributed by atoms with Gasteiger partial charge in [-0.05, 0) is 59.1 Å². The lowest BCUT2D eigenvalue weighted by atomic mass is 10.2. The highest BCUT2D eigenvalue weighted by Crippen LogP contribution is 2.20. The number of nitrogens with zero attached hydrogens (tertiary/aromatic N) is 2. The van der Waals surface area contributed by atoms with Crippen LogP contribution in [0.15, 0.2) is 39.8 Å². The number of hydrogen-bond acceptors (Lipinski definition) is 3. The van der Waals surface area contributed by atoms with Crippen molar-refractivity contribution in [3.8, 4) is 0 Å². The molecule has 26 heavy (non-hydrogen) atoms. The van der Waals surface area contributed by atoms with Gasteiger partial charge in [-0.15, -0.1) is 11.3 Å². The number of amides is 1. The van der Waals surface area contributed by atoms with Crippen molar-refractivity contribution in [3.63, 3.8) is 0 Å². The fourth-order valence-corrected chi connectivity index (χ4v) is 3.45. The molecule has 138 valence electrons. The van der Waals surface area contributed by atoms with Gasteiger partial charge in [-0.2, -0.15) is 0 Å². The first-order valence-electron chi connectivity index (χ1n) is 8.26. The van der Waals surface area contributed by atoms with Crippen LogP contribution in [0.5, 0.6) is 0 Å². The van der Waals surface area contributed by atoms with Crippen LogP contribution < -0.4 is 5.32 Å². The van der Waals surface area contributed by atoms with Crippen molar-refractivity contribution in [1.82, 2.24) is 9.55 Å². The third kappa shape index (κ3) is 5.02. The summed E-state index contributed by atoms with van der Waals surface area (Å²) in [5.74, 6) is -0.790. The van der Waals surface area contributed by atoms with Crippen LogP contribution in [-0.2, 0) is 6.54 Å². The lowest BCUT2D eigenvalue weighted by Crippen LogP contribution is -2.18. The Hall–Kier alpha value is -1.99. The molecule has 0 spiro atoms. The Bertz CT molecular complexity index is 904. The zero-order valence-corrected chi connectivity index (χ0v) is 17.5. The molecule has 1 amide bonds. The summed E-state index contributed by atoms with van der Waals surface area (Å²) in [6, 6.07) is 6.51. The number of aryl methyl sites for hydroxylation is 2. The first kappa shape index (κ1) is 20.3. The van der Waals surface area contributed by atoms with Crippen molar-refractivity contribution in [1.29, 1.82) is 0 Å². The maximum absolute atomic E-state index is 13.9. The van der Waals surface area contributed by atoms with Crippen molar-refractivity contribution in [3.05, 3.63) is 68.1 Å². The summed E-state index contributed by atoms with van der Waals surface area (Å²) in [6.45, 7) is 8.20. The number of aromatic nitrogens is 2. The highest BCUT2D eigenvalue weighted by Gasteiger charge is 2.15. The number of nitrogens with one attached hydrogen (secondary N) is 1. The highest BCUT2D eigenvalue weighted by atomic mass is 79.9. The molecule has 0 radical (unpaired) electrons. The van der Waals surface area contributed by atoms with Gasteiger partial charge < -0.3 is 9.88 Å². The van der Waals surface area contributed by atoms with Crippen molar-refractivity contribution < 1.29 is 9.18 Å². The smallest absolute Gasteiger partial charge is 0.272 e. The molecule has 0 fully saturated rings. The van der Waals surface area contributed by atoms with Crippen molar-refractivity contribution in [2.24, 2.45) is 0 Å². The minimum absolute atomic E-state index is 0.174. The molecule has 2 aromatic heterocycles. The number of carbonyl (C=O) groups is 1. The molecule has 0 aliphatic heterocycles. The number of benzene rings is 1. The minimum atomic E-state index is -0.443. The zero-order valence-electron chi connectivity index (χ0n) is 15.1. The number of halogens is 2. The minimum Gasteiger partial charge on any atom is -0.337 e. The van der Waals surface area contributed by atoms with Crippen molar-refractivity contribution in [2.75, 3.05) is 5.32 Å². The lowest BCUT2D eigenvalue weighted by molar-refractivity contribution is 0.101. The van der Waals surface area contributed by atoms with Crippen LogP contribution in [0.3, 0.4) is 0 Å². The molecule has 0 saturated carbocycles. The maximum atomic E-state index is 13.9. The Labute approximate surface area is 165 Å². The predicted octanol–water partition coefficient (Wildman–Crippen LogP) is 5.79. The molecular weight excluding hydrogens is 417 g/mol. The van der Waals surface area contributed by atoms with Crippen LogP contribution >= 0.6 is 27.3 Å². The van der Waals surface area contributed by atoms with E-state index in [4.69, 9.17) is 0 Å². The van der Waals surface area contributed by atoms with Crippen LogP contribution in [0.2, 0.25) is 0 Å². The van der Waals surface area contributed by atoms with E-state index in [1.807, 2.05) is 36.9 Å². The van der Waals surface area contributed by atoms with Gasteiger partial charge >= 0.3 is 0 Å². The quantitative estimate of drug-likeness (QED) is 0.561. The molecule has 0 aliphatic rings. The van der Waals surface area contributed by atoms with E-state index in [0.717, 1.165) is 20.7 Å². The van der Waals surface area contributed by atoms with E-state index >= 15 is 0 Å². The highest BCUT2D eigenvalue weighted by molar-refractivity contribution is 9.11. The second-order valence-electron chi connectivity index (χ2n) is 5.56. The first-order valence-corrected chi connectivity index (χ1v) is 9.94. The third-order valence-electron chi connectivity index (χ3n) is 3.49. The second kappa shape index (κ2) is 9.09. The Morgan fingerprint density at radius 3 is 2.62 bits per heavy atom. The number of hydrogen-bond donors (Lipinski definition) is 1. The van der Waals surface area contributed by atoms with Crippen LogP contribution in [0, 0.1) is 19.7 Å². The predicted molar refractivity (Wildman–Crippen MR) is 109 cm³/mol. The van der Waals surface area contributed by atoms with Crippen LogP contribution in [-0.4, -0.2) is 15.5 Å². The summed E-state index contributed by atoms with van der Waals surface area (Å²) in [5.41, 5.74) is 3.26. The summed E-state index contributed by atoms with van der Waals surface area (Å²) < 4.78 is 16.6. The van der Waals surface area contributed by atoms with Gasteiger partial charge in [0.2, 0.25) is 0 Å². The van der Waals surface area contributed by atoms with Crippen LogP contribution in [0.4, 0.5) is 10.1 Å². The average Bonchev–Trinajstić information content (AvgIpc) is 3.17. The molecule has 7 heteroatoms. The molecule has 3 aromatic rings. The molecule has 0 aliphatic carbocycles. The number of anilines is 1. The molecule has 0 atom stereocenters. The van der Waals surface area contributed by atoms with E-state index in [1.165, 1.54) is 17.4 Å². The fourth-order valence-electron chi connectivity index (χ4n) is 2.42. The summed E-state index contributed by atoms with van der Waals surface area (Å²) >= 11 is 4.83. The van der Waals surface area contributed by atoms with Gasteiger partial charge in [-0.25, -0.2) is 9.37 Å². The Kier molecular flexibility index (Phi) is 7.11. The van der Waals surface area contributed by atoms with Crippen molar-refractivity contribution in [2.45, 2.75) is 34.2 Å². The van der Waals surface area contributed by atoms with Gasteiger partial charge in [-0.1, -0.05) is 19.9 Å². The number of rotatable bonds is 4. The normalized spacial score (nSPS) is 10.2. The second-order valence-corrected chi connectivity index (χ2v) is 7.69. The van der Waals surface area contributed by atoms with E-state index in [-0.39, 0.29) is 11.6 Å². The van der Waals surface area contributed by atoms with Gasteiger partial charge in [0.05, 0.1) is 17.9 Å². The molecule has 1 aromatic carbocycles. The largest absolute Gasteiger partial charge is 0.337 e. The zero-order chi connectivity index (χ0) is 19.3. The number of carbonyl (C=O) groups excluding carboxylic acids is 1. The van der Waals surface area contributed by atoms with Gasteiger partial charge in [0, 0.05) is 11.6 Å². The summed E-state index contributed by atoms with van der Waals surface area (Å²) in [7, 11) is 0. The average molecular weight is 438 g/mol.